The Morgan fingerprint density at radius 2 is 1.75 bits per heavy atom. The number of hydrogen-bond acceptors (Lipinski definition) is 3. The second-order valence-corrected chi connectivity index (χ2v) is 5.99. The smallest absolute Gasteiger partial charge is 0.338 e. The van der Waals surface area contributed by atoms with Gasteiger partial charge in [-0.25, -0.2) is 4.79 Å². The third kappa shape index (κ3) is 4.22. The van der Waals surface area contributed by atoms with Crippen LogP contribution in [0.4, 0.5) is 0 Å². The molecule has 126 valence electrons. The average Bonchev–Trinajstić information content (AvgIpc) is 2.60. The van der Waals surface area contributed by atoms with E-state index in [1.54, 1.807) is 18.0 Å². The Bertz CT molecular complexity index is 725. The molecular formula is C20H23NO3. The zero-order chi connectivity index (χ0) is 17.7. The molecule has 0 spiro atoms. The number of amides is 1. The zero-order valence-electron chi connectivity index (χ0n) is 14.6. The largest absolute Gasteiger partial charge is 0.452 e. The number of ether oxygens (including phenoxy) is 1. The number of hydrogen-bond donors (Lipinski definition) is 0. The summed E-state index contributed by atoms with van der Waals surface area (Å²) < 4.78 is 5.20. The second-order valence-electron chi connectivity index (χ2n) is 5.99. The lowest BCUT2D eigenvalue weighted by Gasteiger charge is -2.25. The van der Waals surface area contributed by atoms with E-state index in [-0.39, 0.29) is 18.6 Å². The molecule has 0 aliphatic rings. The molecule has 0 heterocycles. The normalized spacial score (nSPS) is 11.7. The van der Waals surface area contributed by atoms with Gasteiger partial charge in [-0.1, -0.05) is 48.0 Å². The van der Waals surface area contributed by atoms with Crippen LogP contribution in [0.15, 0.2) is 48.5 Å². The highest BCUT2D eigenvalue weighted by atomic mass is 16.5. The molecule has 4 heteroatoms. The summed E-state index contributed by atoms with van der Waals surface area (Å²) in [7, 11) is 1.71. The van der Waals surface area contributed by atoms with Crippen LogP contribution in [-0.4, -0.2) is 30.4 Å². The monoisotopic (exact) mass is 325 g/mol. The van der Waals surface area contributed by atoms with Crippen LogP contribution in [0.5, 0.6) is 0 Å². The SMILES string of the molecule is Cc1ccc(C)c(C(=O)OCC(=O)N(C)C(C)c2ccccc2)c1. The number of carbonyl (C=O) groups excluding carboxylic acids is 2. The summed E-state index contributed by atoms with van der Waals surface area (Å²) in [6.45, 7) is 5.44. The van der Waals surface area contributed by atoms with Gasteiger partial charge < -0.3 is 9.64 Å². The number of likely N-dealkylation sites (N-methyl/N-ethyl adjacent to an activating group) is 1. The van der Waals surface area contributed by atoms with Crippen molar-refractivity contribution in [3.05, 3.63) is 70.8 Å². The molecule has 0 fully saturated rings. The third-order valence-electron chi connectivity index (χ3n) is 4.20. The van der Waals surface area contributed by atoms with Crippen molar-refractivity contribution in [1.82, 2.24) is 4.90 Å². The Kier molecular flexibility index (Phi) is 5.74. The zero-order valence-corrected chi connectivity index (χ0v) is 14.6. The highest BCUT2D eigenvalue weighted by molar-refractivity contribution is 5.92. The van der Waals surface area contributed by atoms with Gasteiger partial charge >= 0.3 is 5.97 Å². The number of benzene rings is 2. The van der Waals surface area contributed by atoms with E-state index in [2.05, 4.69) is 0 Å². The lowest BCUT2D eigenvalue weighted by molar-refractivity contribution is -0.135. The number of rotatable bonds is 5. The molecule has 2 rings (SSSR count). The van der Waals surface area contributed by atoms with E-state index in [4.69, 9.17) is 4.74 Å². The maximum absolute atomic E-state index is 12.3. The molecule has 0 saturated carbocycles. The van der Waals surface area contributed by atoms with Crippen molar-refractivity contribution >= 4 is 11.9 Å². The lowest BCUT2D eigenvalue weighted by Crippen LogP contribution is -2.33. The quantitative estimate of drug-likeness (QED) is 0.788. The summed E-state index contributed by atoms with van der Waals surface area (Å²) in [4.78, 5) is 26.1. The van der Waals surface area contributed by atoms with Gasteiger partial charge in [-0.3, -0.25) is 4.79 Å². The van der Waals surface area contributed by atoms with Crippen molar-refractivity contribution < 1.29 is 14.3 Å². The van der Waals surface area contributed by atoms with Crippen molar-refractivity contribution in [3.63, 3.8) is 0 Å². The van der Waals surface area contributed by atoms with Gasteiger partial charge in [0.25, 0.3) is 5.91 Å². The molecule has 0 saturated heterocycles. The summed E-state index contributed by atoms with van der Waals surface area (Å²) in [5.74, 6) is -0.699. The van der Waals surface area contributed by atoms with Gasteiger partial charge in [0.2, 0.25) is 0 Å². The van der Waals surface area contributed by atoms with Gasteiger partial charge in [-0.2, -0.15) is 0 Å². The first-order valence-corrected chi connectivity index (χ1v) is 7.95. The van der Waals surface area contributed by atoms with E-state index in [0.717, 1.165) is 16.7 Å². The molecule has 1 unspecified atom stereocenters. The number of esters is 1. The average molecular weight is 325 g/mol. The fourth-order valence-electron chi connectivity index (χ4n) is 2.43. The molecule has 2 aromatic carbocycles. The minimum absolute atomic E-state index is 0.0851. The van der Waals surface area contributed by atoms with Crippen LogP contribution in [0, 0.1) is 13.8 Å². The summed E-state index contributed by atoms with van der Waals surface area (Å²) in [5.41, 5.74) is 3.36. The summed E-state index contributed by atoms with van der Waals surface area (Å²) in [6, 6.07) is 15.2. The Morgan fingerprint density at radius 1 is 1.08 bits per heavy atom. The Balaban J connectivity index is 1.97. The van der Waals surface area contributed by atoms with Crippen molar-refractivity contribution in [2.75, 3.05) is 13.7 Å². The number of carbonyl (C=O) groups is 2. The van der Waals surface area contributed by atoms with E-state index < -0.39 is 5.97 Å². The Hall–Kier alpha value is -2.62. The van der Waals surface area contributed by atoms with Crippen LogP contribution < -0.4 is 0 Å². The predicted molar refractivity (Wildman–Crippen MR) is 93.8 cm³/mol. The van der Waals surface area contributed by atoms with Gasteiger partial charge in [0.05, 0.1) is 11.6 Å². The second kappa shape index (κ2) is 7.77. The van der Waals surface area contributed by atoms with Crippen LogP contribution in [0.1, 0.15) is 40.0 Å². The van der Waals surface area contributed by atoms with Crippen LogP contribution in [-0.2, 0) is 9.53 Å². The van der Waals surface area contributed by atoms with E-state index in [1.165, 1.54) is 0 Å². The number of aryl methyl sites for hydroxylation is 2. The first-order chi connectivity index (χ1) is 11.4. The van der Waals surface area contributed by atoms with Gasteiger partial charge in [-0.05, 0) is 38.0 Å². The first-order valence-electron chi connectivity index (χ1n) is 7.95. The van der Waals surface area contributed by atoms with E-state index in [9.17, 15) is 9.59 Å². The molecule has 0 aromatic heterocycles. The predicted octanol–water partition coefficient (Wildman–Crippen LogP) is 3.68. The molecular weight excluding hydrogens is 302 g/mol. The number of nitrogens with zero attached hydrogens (tertiary/aromatic N) is 1. The van der Waals surface area contributed by atoms with Crippen LogP contribution >= 0.6 is 0 Å². The van der Waals surface area contributed by atoms with E-state index in [1.807, 2.05) is 63.2 Å². The molecule has 4 nitrogen and oxygen atoms in total. The highest BCUT2D eigenvalue weighted by Crippen LogP contribution is 2.18. The summed E-state index contributed by atoms with van der Waals surface area (Å²) >= 11 is 0. The molecule has 0 aliphatic carbocycles. The minimum Gasteiger partial charge on any atom is -0.452 e. The van der Waals surface area contributed by atoms with Crippen LogP contribution in [0.3, 0.4) is 0 Å². The molecule has 2 aromatic rings. The topological polar surface area (TPSA) is 46.6 Å². The van der Waals surface area contributed by atoms with Gasteiger partial charge in [0.1, 0.15) is 0 Å². The van der Waals surface area contributed by atoms with Crippen LogP contribution in [0.2, 0.25) is 0 Å². The third-order valence-corrected chi connectivity index (χ3v) is 4.20. The van der Waals surface area contributed by atoms with Gasteiger partial charge in [-0.15, -0.1) is 0 Å². The Morgan fingerprint density at radius 3 is 2.42 bits per heavy atom. The fraction of sp³-hybridized carbons (Fsp3) is 0.300. The molecule has 0 bridgehead atoms. The molecule has 0 N–H and O–H groups in total. The van der Waals surface area contributed by atoms with Gasteiger partial charge in [0, 0.05) is 7.05 Å². The van der Waals surface area contributed by atoms with Crippen molar-refractivity contribution in [2.24, 2.45) is 0 Å². The van der Waals surface area contributed by atoms with E-state index in [0.29, 0.717) is 5.56 Å². The minimum atomic E-state index is -0.467. The van der Waals surface area contributed by atoms with Crippen LogP contribution in [0.25, 0.3) is 0 Å². The highest BCUT2D eigenvalue weighted by Gasteiger charge is 2.19. The lowest BCUT2D eigenvalue weighted by atomic mass is 10.1. The molecule has 0 aliphatic heterocycles. The Labute approximate surface area is 143 Å². The maximum atomic E-state index is 12.3. The van der Waals surface area contributed by atoms with Crippen molar-refractivity contribution in [3.8, 4) is 0 Å². The molecule has 1 atom stereocenters. The first kappa shape index (κ1) is 17.7. The fourth-order valence-corrected chi connectivity index (χ4v) is 2.43. The summed E-state index contributed by atoms with van der Waals surface area (Å²) in [6.07, 6.45) is 0. The molecule has 0 radical (unpaired) electrons. The summed E-state index contributed by atoms with van der Waals surface area (Å²) in [5, 5.41) is 0. The van der Waals surface area contributed by atoms with E-state index >= 15 is 0 Å². The standard InChI is InChI=1S/C20H23NO3/c1-14-10-11-15(2)18(12-14)20(23)24-13-19(22)21(4)16(3)17-8-6-5-7-9-17/h5-12,16H,13H2,1-4H3. The molecule has 24 heavy (non-hydrogen) atoms. The maximum Gasteiger partial charge on any atom is 0.338 e. The van der Waals surface area contributed by atoms with Crippen molar-refractivity contribution in [2.45, 2.75) is 26.8 Å². The van der Waals surface area contributed by atoms with Gasteiger partial charge in [0.15, 0.2) is 6.61 Å². The molecule has 1 amide bonds. The van der Waals surface area contributed by atoms with Crippen molar-refractivity contribution in [1.29, 1.82) is 0 Å².